The molecular weight excluding hydrogens is 289 g/mol. The van der Waals surface area contributed by atoms with Crippen molar-refractivity contribution in [2.24, 2.45) is 16.8 Å². The normalized spacial score (nSPS) is 16.3. The van der Waals surface area contributed by atoms with E-state index in [0.717, 1.165) is 26.3 Å². The number of hydrogen-bond acceptors (Lipinski definition) is 2. The minimum Gasteiger partial charge on any atom is -0.293 e. The van der Waals surface area contributed by atoms with Crippen molar-refractivity contribution in [3.63, 3.8) is 0 Å². The first kappa shape index (κ1) is 21.0. The first-order chi connectivity index (χ1) is 10.3. The number of aliphatic imine (C=N–C) groups is 1. The number of allylic oxidation sites excluding steroid dienone is 5. The van der Waals surface area contributed by atoms with E-state index in [1.54, 1.807) is 6.92 Å². The van der Waals surface area contributed by atoms with Crippen molar-refractivity contribution in [3.05, 3.63) is 35.3 Å². The van der Waals surface area contributed by atoms with Gasteiger partial charge in [0, 0.05) is 18.5 Å². The molecule has 0 aliphatic rings. The van der Waals surface area contributed by atoms with E-state index in [2.05, 4.69) is 58.4 Å². The van der Waals surface area contributed by atoms with Gasteiger partial charge in [0.1, 0.15) is 0 Å². The summed E-state index contributed by atoms with van der Waals surface area (Å²) in [6, 6.07) is 0. The highest BCUT2D eigenvalue weighted by Crippen LogP contribution is 2.23. The Morgan fingerprint density at radius 2 is 1.86 bits per heavy atom. The fourth-order valence-corrected chi connectivity index (χ4v) is 2.52. The summed E-state index contributed by atoms with van der Waals surface area (Å²) in [6.07, 6.45) is 8.21. The highest BCUT2D eigenvalue weighted by molar-refractivity contribution is 7.40. The van der Waals surface area contributed by atoms with Crippen LogP contribution in [0.25, 0.3) is 0 Å². The third-order valence-corrected chi connectivity index (χ3v) is 3.88. The first-order valence-corrected chi connectivity index (χ1v) is 9.70. The average molecular weight is 321 g/mol. The molecule has 0 aliphatic carbocycles. The van der Waals surface area contributed by atoms with Crippen LogP contribution in [0.15, 0.2) is 40.3 Å². The number of rotatable bonds is 9. The van der Waals surface area contributed by atoms with Gasteiger partial charge in [-0.15, -0.1) is 8.58 Å². The van der Waals surface area contributed by atoms with Gasteiger partial charge < -0.3 is 0 Å². The molecule has 0 aromatic rings. The third kappa shape index (κ3) is 8.44. The summed E-state index contributed by atoms with van der Waals surface area (Å²) in [5.74, 6) is 3.11. The van der Waals surface area contributed by atoms with Crippen LogP contribution in [-0.2, 0) is 4.79 Å². The van der Waals surface area contributed by atoms with Crippen molar-refractivity contribution in [1.82, 2.24) is 0 Å². The summed E-state index contributed by atoms with van der Waals surface area (Å²) in [5.41, 5.74) is 2.86. The highest BCUT2D eigenvalue weighted by atomic mass is 31.1. The van der Waals surface area contributed by atoms with Crippen molar-refractivity contribution in [1.29, 1.82) is 0 Å². The number of nitrogens with zero attached hydrogens (tertiary/aromatic N) is 1. The summed E-state index contributed by atoms with van der Waals surface area (Å²) in [5, 5.41) is 0. The molecule has 124 valence electrons. The van der Waals surface area contributed by atoms with Crippen molar-refractivity contribution in [3.8, 4) is 0 Å². The second-order valence-corrected chi connectivity index (χ2v) is 6.88. The summed E-state index contributed by atoms with van der Waals surface area (Å²) in [4.78, 5) is 16.4. The molecule has 0 rings (SSSR count). The van der Waals surface area contributed by atoms with E-state index < -0.39 is 0 Å². The molecule has 0 N–H and O–H groups in total. The predicted octanol–water partition coefficient (Wildman–Crippen LogP) is 5.76. The second kappa shape index (κ2) is 11.5. The van der Waals surface area contributed by atoms with Gasteiger partial charge in [-0.2, -0.15) is 0 Å². The van der Waals surface area contributed by atoms with E-state index in [4.69, 9.17) is 4.99 Å². The zero-order valence-corrected chi connectivity index (χ0v) is 16.2. The van der Waals surface area contributed by atoms with E-state index >= 15 is 0 Å². The van der Waals surface area contributed by atoms with Gasteiger partial charge in [-0.3, -0.25) is 9.79 Å². The number of Topliss-reactive ketones (excluding diaryl/α,β-unsaturated/α-hetero) is 1. The molecule has 0 aliphatic heterocycles. The molecule has 0 heterocycles. The van der Waals surface area contributed by atoms with Crippen LogP contribution >= 0.6 is 8.58 Å². The maximum Gasteiger partial charge on any atom is 0.173 e. The Kier molecular flexibility index (Phi) is 11.0. The number of hydrogen-bond donors (Lipinski definition) is 0. The van der Waals surface area contributed by atoms with Gasteiger partial charge in [-0.05, 0) is 37.9 Å². The lowest BCUT2D eigenvalue weighted by atomic mass is 9.98. The highest BCUT2D eigenvalue weighted by Gasteiger charge is 2.12. The maximum atomic E-state index is 11.7. The summed E-state index contributed by atoms with van der Waals surface area (Å²) in [7, 11) is 0.782. The lowest BCUT2D eigenvalue weighted by Crippen LogP contribution is -2.11. The molecule has 0 saturated heterocycles. The van der Waals surface area contributed by atoms with E-state index in [9.17, 15) is 4.79 Å². The van der Waals surface area contributed by atoms with Gasteiger partial charge in [0.2, 0.25) is 0 Å². The van der Waals surface area contributed by atoms with E-state index in [0.29, 0.717) is 24.0 Å². The molecule has 0 fully saturated rings. The summed E-state index contributed by atoms with van der Waals surface area (Å²) in [6.45, 7) is 14.4. The Morgan fingerprint density at radius 1 is 1.23 bits per heavy atom. The van der Waals surface area contributed by atoms with Crippen LogP contribution in [0.2, 0.25) is 0 Å². The Labute approximate surface area is 138 Å². The fraction of sp³-hybridized carbons (Fsp3) is 0.579. The summed E-state index contributed by atoms with van der Waals surface area (Å²) >= 11 is 0. The van der Waals surface area contributed by atoms with Crippen LogP contribution in [0.3, 0.4) is 0 Å². The molecule has 0 bridgehead atoms. The van der Waals surface area contributed by atoms with Crippen LogP contribution in [0.1, 0.15) is 54.4 Å². The Balaban J connectivity index is 5.52. The SMILES string of the molecule is CCC(=N/C(=C(C)/C=C\PC)C(C)C/C=C\C(C)C)C(C)=O. The predicted molar refractivity (Wildman–Crippen MR) is 102 cm³/mol. The number of ketones is 1. The van der Waals surface area contributed by atoms with Crippen molar-refractivity contribution < 1.29 is 4.79 Å². The van der Waals surface area contributed by atoms with Crippen molar-refractivity contribution in [2.45, 2.75) is 54.4 Å². The average Bonchev–Trinajstić information content (AvgIpc) is 2.44. The lowest BCUT2D eigenvalue weighted by molar-refractivity contribution is -0.111. The van der Waals surface area contributed by atoms with Gasteiger partial charge in [0.25, 0.3) is 0 Å². The van der Waals surface area contributed by atoms with Crippen LogP contribution in [0.5, 0.6) is 0 Å². The Morgan fingerprint density at radius 3 is 2.32 bits per heavy atom. The molecule has 2 nitrogen and oxygen atoms in total. The van der Waals surface area contributed by atoms with Gasteiger partial charge >= 0.3 is 0 Å². The minimum absolute atomic E-state index is 0.0686. The van der Waals surface area contributed by atoms with Gasteiger partial charge in [0.05, 0.1) is 5.71 Å². The van der Waals surface area contributed by atoms with Crippen molar-refractivity contribution in [2.75, 3.05) is 6.66 Å². The molecule has 0 spiro atoms. The molecule has 3 heteroatoms. The molecule has 0 saturated carbocycles. The van der Waals surface area contributed by atoms with Gasteiger partial charge in [-0.25, -0.2) is 0 Å². The topological polar surface area (TPSA) is 29.4 Å². The standard InChI is InChI=1S/C19H32NOP/c1-8-18(17(6)21)20-19(16(5)12-13-22-7)15(4)11-9-10-14(2)3/h9-10,12-15,22H,8,11H2,1-7H3/b10-9-,13-12-,19-16+,20-18?. The van der Waals surface area contributed by atoms with Crippen molar-refractivity contribution >= 4 is 20.1 Å². The van der Waals surface area contributed by atoms with E-state index in [1.807, 2.05) is 6.92 Å². The third-order valence-electron chi connectivity index (χ3n) is 3.38. The first-order valence-electron chi connectivity index (χ1n) is 8.13. The van der Waals surface area contributed by atoms with Crippen LogP contribution in [-0.4, -0.2) is 18.2 Å². The molecule has 2 unspecified atom stereocenters. The molecule has 0 radical (unpaired) electrons. The van der Waals surface area contributed by atoms with Crippen LogP contribution < -0.4 is 0 Å². The molecule has 0 aromatic carbocycles. The second-order valence-electron chi connectivity index (χ2n) is 5.97. The molecular formula is C19H32NOP. The lowest BCUT2D eigenvalue weighted by Gasteiger charge is -2.14. The number of carbonyl (C=O) groups is 1. The minimum atomic E-state index is 0.0686. The Hall–Kier alpha value is -1.01. The smallest absolute Gasteiger partial charge is 0.173 e. The Bertz CT molecular complexity index is 470. The zero-order valence-electron chi connectivity index (χ0n) is 15.2. The summed E-state index contributed by atoms with van der Waals surface area (Å²) < 4.78 is 0. The van der Waals surface area contributed by atoms with Gasteiger partial charge in [0.15, 0.2) is 5.78 Å². The maximum absolute atomic E-state index is 11.7. The monoisotopic (exact) mass is 321 g/mol. The largest absolute Gasteiger partial charge is 0.293 e. The fourth-order valence-electron chi connectivity index (χ4n) is 2.10. The molecule has 2 atom stereocenters. The van der Waals surface area contributed by atoms with E-state index in [1.165, 1.54) is 0 Å². The van der Waals surface area contributed by atoms with Crippen LogP contribution in [0, 0.1) is 11.8 Å². The van der Waals surface area contributed by atoms with E-state index in [-0.39, 0.29) is 5.78 Å². The molecule has 0 amide bonds. The molecule has 0 aromatic heterocycles. The molecule has 22 heavy (non-hydrogen) atoms. The van der Waals surface area contributed by atoms with Crippen LogP contribution in [0.4, 0.5) is 0 Å². The zero-order chi connectivity index (χ0) is 17.1. The number of carbonyl (C=O) groups excluding carboxylic acids is 1. The quantitative estimate of drug-likeness (QED) is 0.230. The van der Waals surface area contributed by atoms with Gasteiger partial charge in [-0.1, -0.05) is 51.7 Å².